The van der Waals surface area contributed by atoms with Crippen LogP contribution >= 0.6 is 0 Å². The van der Waals surface area contributed by atoms with Gasteiger partial charge in [0.15, 0.2) is 0 Å². The van der Waals surface area contributed by atoms with E-state index in [4.69, 9.17) is 0 Å². The maximum Gasteiger partial charge on any atom is 0.144 e. The highest BCUT2D eigenvalue weighted by atomic mass is 19.1. The maximum atomic E-state index is 13.1. The third-order valence-corrected chi connectivity index (χ3v) is 3.84. The molecule has 0 spiro atoms. The van der Waals surface area contributed by atoms with Crippen LogP contribution in [0.2, 0.25) is 0 Å². The summed E-state index contributed by atoms with van der Waals surface area (Å²) in [4.78, 5) is 12.2. The molecule has 0 saturated carbocycles. The summed E-state index contributed by atoms with van der Waals surface area (Å²) in [5.41, 5.74) is 3.65. The molecule has 2 aromatic carbocycles. The molecule has 118 valence electrons. The van der Waals surface area contributed by atoms with E-state index in [2.05, 4.69) is 20.3 Å². The number of hydrogen-bond donors (Lipinski definition) is 2. The molecule has 2 heterocycles. The Morgan fingerprint density at radius 3 is 2.46 bits per heavy atom. The number of nitrogens with one attached hydrogen (secondary N) is 2. The van der Waals surface area contributed by atoms with Gasteiger partial charge < -0.3 is 10.3 Å². The van der Waals surface area contributed by atoms with E-state index in [0.717, 1.165) is 27.8 Å². The number of H-pyrrole nitrogens is 1. The summed E-state index contributed by atoms with van der Waals surface area (Å²) >= 11 is 0. The Hall–Kier alpha value is -3.21. The molecule has 2 N–H and O–H groups in total. The molecule has 4 rings (SSSR count). The van der Waals surface area contributed by atoms with E-state index in [9.17, 15) is 4.39 Å². The van der Waals surface area contributed by atoms with Gasteiger partial charge in [0.25, 0.3) is 0 Å². The molecule has 0 saturated heterocycles. The minimum atomic E-state index is -0.267. The zero-order chi connectivity index (χ0) is 16.5. The molecule has 4 nitrogen and oxygen atoms in total. The van der Waals surface area contributed by atoms with Crippen LogP contribution in [0.4, 0.5) is 15.9 Å². The first kappa shape index (κ1) is 14.4. The van der Waals surface area contributed by atoms with E-state index in [1.54, 1.807) is 12.1 Å². The van der Waals surface area contributed by atoms with Gasteiger partial charge in [-0.15, -0.1) is 0 Å². The molecular formula is C19H15FN4. The Bertz CT molecular complexity index is 991. The zero-order valence-corrected chi connectivity index (χ0v) is 13.0. The second kappa shape index (κ2) is 5.77. The molecule has 0 atom stereocenters. The standard InChI is InChI=1S/C19H15FN4/c1-12-22-18-17(16(11-21-18)13-5-3-2-4-6-13)19(23-12)24-15-9-7-14(20)8-10-15/h2-11H,1H3,(H2,21,22,23,24). The number of hydrogen-bond acceptors (Lipinski definition) is 3. The first-order valence-corrected chi connectivity index (χ1v) is 7.64. The summed E-state index contributed by atoms with van der Waals surface area (Å²) in [7, 11) is 0. The minimum Gasteiger partial charge on any atom is -0.345 e. The summed E-state index contributed by atoms with van der Waals surface area (Å²) in [6.07, 6.45) is 1.93. The van der Waals surface area contributed by atoms with E-state index in [1.807, 2.05) is 43.5 Å². The molecule has 24 heavy (non-hydrogen) atoms. The van der Waals surface area contributed by atoms with Gasteiger partial charge in [-0.05, 0) is 36.8 Å². The van der Waals surface area contributed by atoms with Gasteiger partial charge in [-0.25, -0.2) is 14.4 Å². The van der Waals surface area contributed by atoms with Crippen molar-refractivity contribution in [1.82, 2.24) is 15.0 Å². The van der Waals surface area contributed by atoms with Crippen LogP contribution in [0, 0.1) is 12.7 Å². The zero-order valence-electron chi connectivity index (χ0n) is 13.0. The van der Waals surface area contributed by atoms with Crippen molar-refractivity contribution in [2.45, 2.75) is 6.92 Å². The van der Waals surface area contributed by atoms with Crippen molar-refractivity contribution in [1.29, 1.82) is 0 Å². The van der Waals surface area contributed by atoms with Gasteiger partial charge in [-0.1, -0.05) is 30.3 Å². The van der Waals surface area contributed by atoms with E-state index in [0.29, 0.717) is 11.6 Å². The predicted molar refractivity (Wildman–Crippen MR) is 93.7 cm³/mol. The number of aromatic nitrogens is 3. The Morgan fingerprint density at radius 1 is 0.958 bits per heavy atom. The number of fused-ring (bicyclic) bond motifs is 1. The smallest absolute Gasteiger partial charge is 0.144 e. The normalized spacial score (nSPS) is 10.9. The number of nitrogens with zero attached hydrogens (tertiary/aromatic N) is 2. The average Bonchev–Trinajstić information content (AvgIpc) is 3.01. The molecule has 0 radical (unpaired) electrons. The predicted octanol–water partition coefficient (Wildman–Crippen LogP) is 4.82. The lowest BCUT2D eigenvalue weighted by Crippen LogP contribution is -1.99. The van der Waals surface area contributed by atoms with Crippen LogP contribution in [0.1, 0.15) is 5.82 Å². The first-order chi connectivity index (χ1) is 11.7. The Morgan fingerprint density at radius 2 is 1.71 bits per heavy atom. The second-order valence-electron chi connectivity index (χ2n) is 5.54. The van der Waals surface area contributed by atoms with E-state index in [-0.39, 0.29) is 5.82 Å². The fourth-order valence-corrected chi connectivity index (χ4v) is 2.75. The molecule has 2 aromatic heterocycles. The number of anilines is 2. The van der Waals surface area contributed by atoms with Crippen molar-refractivity contribution in [2.24, 2.45) is 0 Å². The van der Waals surface area contributed by atoms with Crippen LogP contribution in [-0.4, -0.2) is 15.0 Å². The molecule has 0 aliphatic carbocycles. The highest BCUT2D eigenvalue weighted by Crippen LogP contribution is 2.33. The van der Waals surface area contributed by atoms with E-state index in [1.165, 1.54) is 12.1 Å². The highest BCUT2D eigenvalue weighted by molar-refractivity contribution is 6.01. The lowest BCUT2D eigenvalue weighted by molar-refractivity contribution is 0.628. The van der Waals surface area contributed by atoms with Gasteiger partial charge in [0.05, 0.1) is 5.39 Å². The number of aromatic amines is 1. The van der Waals surface area contributed by atoms with Crippen LogP contribution in [0.25, 0.3) is 22.2 Å². The Labute approximate surface area is 138 Å². The average molecular weight is 318 g/mol. The maximum absolute atomic E-state index is 13.1. The van der Waals surface area contributed by atoms with Crippen molar-refractivity contribution >= 4 is 22.5 Å². The SMILES string of the molecule is Cc1nc(Nc2ccc(F)cc2)c2c(-c3ccccc3)c[nH]c2n1. The third kappa shape index (κ3) is 2.60. The van der Waals surface area contributed by atoms with Crippen LogP contribution < -0.4 is 5.32 Å². The molecule has 5 heteroatoms. The van der Waals surface area contributed by atoms with Gasteiger partial charge >= 0.3 is 0 Å². The third-order valence-electron chi connectivity index (χ3n) is 3.84. The van der Waals surface area contributed by atoms with Gasteiger partial charge in [-0.2, -0.15) is 0 Å². The summed E-state index contributed by atoms with van der Waals surface area (Å²) in [5, 5.41) is 4.19. The lowest BCUT2D eigenvalue weighted by atomic mass is 10.1. The molecule has 0 fully saturated rings. The first-order valence-electron chi connectivity index (χ1n) is 7.64. The number of benzene rings is 2. The second-order valence-corrected chi connectivity index (χ2v) is 5.54. The quantitative estimate of drug-likeness (QED) is 0.569. The lowest BCUT2D eigenvalue weighted by Gasteiger charge is -2.09. The van der Waals surface area contributed by atoms with Gasteiger partial charge in [-0.3, -0.25) is 0 Å². The van der Waals surface area contributed by atoms with Crippen molar-refractivity contribution in [2.75, 3.05) is 5.32 Å². The molecule has 0 amide bonds. The summed E-state index contributed by atoms with van der Waals surface area (Å²) in [6, 6.07) is 16.3. The van der Waals surface area contributed by atoms with Gasteiger partial charge in [0, 0.05) is 17.4 Å². The molecule has 0 unspecified atom stereocenters. The van der Waals surface area contributed by atoms with Crippen molar-refractivity contribution in [3.05, 3.63) is 72.4 Å². The molecule has 0 bridgehead atoms. The molecule has 4 aromatic rings. The van der Waals surface area contributed by atoms with Crippen LogP contribution in [0.5, 0.6) is 0 Å². The van der Waals surface area contributed by atoms with Crippen molar-refractivity contribution < 1.29 is 4.39 Å². The number of aryl methyl sites for hydroxylation is 1. The van der Waals surface area contributed by atoms with Crippen LogP contribution in [-0.2, 0) is 0 Å². The topological polar surface area (TPSA) is 53.6 Å². The van der Waals surface area contributed by atoms with Crippen molar-refractivity contribution in [3.8, 4) is 11.1 Å². The summed E-state index contributed by atoms with van der Waals surface area (Å²) < 4.78 is 13.1. The van der Waals surface area contributed by atoms with Crippen LogP contribution in [0.15, 0.2) is 60.8 Å². The summed E-state index contributed by atoms with van der Waals surface area (Å²) in [6.45, 7) is 1.85. The van der Waals surface area contributed by atoms with E-state index < -0.39 is 0 Å². The molecule has 0 aliphatic heterocycles. The fraction of sp³-hybridized carbons (Fsp3) is 0.0526. The van der Waals surface area contributed by atoms with Gasteiger partial charge in [0.1, 0.15) is 23.1 Å². The Kier molecular flexibility index (Phi) is 3.46. The highest BCUT2D eigenvalue weighted by Gasteiger charge is 2.14. The number of rotatable bonds is 3. The fourth-order valence-electron chi connectivity index (χ4n) is 2.75. The molecular weight excluding hydrogens is 303 g/mol. The van der Waals surface area contributed by atoms with Crippen molar-refractivity contribution in [3.63, 3.8) is 0 Å². The minimum absolute atomic E-state index is 0.267. The number of halogens is 1. The van der Waals surface area contributed by atoms with Crippen LogP contribution in [0.3, 0.4) is 0 Å². The Balaban J connectivity index is 1.87. The summed E-state index contributed by atoms with van der Waals surface area (Å²) in [5.74, 6) is 1.09. The van der Waals surface area contributed by atoms with E-state index >= 15 is 0 Å². The largest absolute Gasteiger partial charge is 0.345 e. The monoisotopic (exact) mass is 318 g/mol. The van der Waals surface area contributed by atoms with Gasteiger partial charge in [0.2, 0.25) is 0 Å². The molecule has 0 aliphatic rings.